The number of para-hydroxylation sites is 2. The first-order chi connectivity index (χ1) is 9.74. The molecule has 3 rings (SSSR count). The van der Waals surface area contributed by atoms with Crippen molar-refractivity contribution in [2.45, 2.75) is 6.54 Å². The van der Waals surface area contributed by atoms with Crippen molar-refractivity contribution < 1.29 is 4.74 Å². The molecule has 0 aliphatic carbocycles. The van der Waals surface area contributed by atoms with Crippen LogP contribution in [-0.4, -0.2) is 16.2 Å². The number of rotatable bonds is 4. The second-order valence-electron chi connectivity index (χ2n) is 4.42. The van der Waals surface area contributed by atoms with Crippen LogP contribution >= 0.6 is 11.6 Å². The van der Waals surface area contributed by atoms with Gasteiger partial charge in [-0.2, -0.15) is 0 Å². The third-order valence-electron chi connectivity index (χ3n) is 3.06. The van der Waals surface area contributed by atoms with E-state index in [1.54, 1.807) is 6.07 Å². The van der Waals surface area contributed by atoms with Crippen molar-refractivity contribution in [3.05, 3.63) is 53.6 Å². The molecule has 0 unspecified atom stereocenters. The molecule has 5 heteroatoms. The maximum Gasteiger partial charge on any atom is 0.201 e. The Labute approximate surface area is 121 Å². The molecule has 20 heavy (non-hydrogen) atoms. The molecule has 0 saturated heterocycles. The molecule has 0 amide bonds. The summed E-state index contributed by atoms with van der Waals surface area (Å²) in [5.41, 5.74) is 7.84. The van der Waals surface area contributed by atoms with Gasteiger partial charge in [0.15, 0.2) is 0 Å². The summed E-state index contributed by atoms with van der Waals surface area (Å²) in [5.74, 6) is 1.25. The van der Waals surface area contributed by atoms with Gasteiger partial charge in [0.1, 0.15) is 12.4 Å². The molecular weight excluding hydrogens is 274 g/mol. The van der Waals surface area contributed by atoms with Gasteiger partial charge < -0.3 is 15.0 Å². The number of anilines is 1. The van der Waals surface area contributed by atoms with E-state index in [2.05, 4.69) is 4.98 Å². The summed E-state index contributed by atoms with van der Waals surface area (Å²) in [6, 6.07) is 15.2. The minimum Gasteiger partial charge on any atom is -0.492 e. The molecule has 1 aromatic heterocycles. The summed E-state index contributed by atoms with van der Waals surface area (Å²) < 4.78 is 7.62. The zero-order chi connectivity index (χ0) is 13.9. The van der Waals surface area contributed by atoms with E-state index < -0.39 is 0 Å². The zero-order valence-corrected chi connectivity index (χ0v) is 11.5. The predicted molar refractivity (Wildman–Crippen MR) is 81.1 cm³/mol. The summed E-state index contributed by atoms with van der Waals surface area (Å²) in [6.07, 6.45) is 0. The first-order valence-electron chi connectivity index (χ1n) is 6.33. The molecule has 1 heterocycles. The van der Waals surface area contributed by atoms with Crippen LogP contribution in [0, 0.1) is 0 Å². The number of fused-ring (bicyclic) bond motifs is 1. The topological polar surface area (TPSA) is 53.1 Å². The first-order valence-corrected chi connectivity index (χ1v) is 6.71. The number of benzene rings is 2. The number of hydrogen-bond donors (Lipinski definition) is 1. The van der Waals surface area contributed by atoms with Crippen molar-refractivity contribution in [1.82, 2.24) is 9.55 Å². The first kappa shape index (κ1) is 12.8. The van der Waals surface area contributed by atoms with E-state index in [0.717, 1.165) is 16.8 Å². The van der Waals surface area contributed by atoms with E-state index in [0.29, 0.717) is 24.1 Å². The summed E-state index contributed by atoms with van der Waals surface area (Å²) in [5, 5.41) is 0.662. The number of imidazole rings is 1. The summed E-state index contributed by atoms with van der Waals surface area (Å²) in [4.78, 5) is 4.32. The Morgan fingerprint density at radius 3 is 2.85 bits per heavy atom. The van der Waals surface area contributed by atoms with Crippen LogP contribution in [0.25, 0.3) is 11.0 Å². The predicted octanol–water partition coefficient (Wildman–Crippen LogP) is 3.35. The van der Waals surface area contributed by atoms with Crippen LogP contribution < -0.4 is 10.5 Å². The van der Waals surface area contributed by atoms with Crippen molar-refractivity contribution >= 4 is 28.6 Å². The number of halogens is 1. The number of nitrogens with two attached hydrogens (primary N) is 1. The maximum absolute atomic E-state index is 5.93. The fraction of sp³-hybridized carbons (Fsp3) is 0.133. The second-order valence-corrected chi connectivity index (χ2v) is 4.85. The van der Waals surface area contributed by atoms with Crippen LogP contribution in [0.5, 0.6) is 5.75 Å². The van der Waals surface area contributed by atoms with E-state index in [1.807, 2.05) is 47.0 Å². The monoisotopic (exact) mass is 287 g/mol. The lowest BCUT2D eigenvalue weighted by molar-refractivity contribution is 0.301. The van der Waals surface area contributed by atoms with Crippen molar-refractivity contribution in [3.63, 3.8) is 0 Å². The molecule has 0 aliphatic rings. The fourth-order valence-electron chi connectivity index (χ4n) is 2.14. The molecule has 0 fully saturated rings. The highest BCUT2D eigenvalue weighted by molar-refractivity contribution is 6.30. The van der Waals surface area contributed by atoms with Gasteiger partial charge in [0.2, 0.25) is 5.95 Å². The van der Waals surface area contributed by atoms with Crippen molar-refractivity contribution in [2.24, 2.45) is 0 Å². The van der Waals surface area contributed by atoms with Crippen LogP contribution in [0.4, 0.5) is 5.95 Å². The number of ether oxygens (including phenoxy) is 1. The molecular formula is C15H14ClN3O. The molecule has 0 atom stereocenters. The lowest BCUT2D eigenvalue weighted by Crippen LogP contribution is -2.10. The van der Waals surface area contributed by atoms with Gasteiger partial charge in [-0.1, -0.05) is 29.8 Å². The van der Waals surface area contributed by atoms with E-state index in [1.165, 1.54) is 0 Å². The third-order valence-corrected chi connectivity index (χ3v) is 3.30. The molecule has 0 saturated carbocycles. The average molecular weight is 288 g/mol. The van der Waals surface area contributed by atoms with Gasteiger partial charge in [-0.15, -0.1) is 0 Å². The molecule has 0 spiro atoms. The highest BCUT2D eigenvalue weighted by Crippen LogP contribution is 2.19. The number of aromatic nitrogens is 2. The van der Waals surface area contributed by atoms with Gasteiger partial charge in [0.05, 0.1) is 17.6 Å². The van der Waals surface area contributed by atoms with Gasteiger partial charge in [-0.05, 0) is 30.3 Å². The second kappa shape index (κ2) is 5.43. The van der Waals surface area contributed by atoms with Crippen molar-refractivity contribution in [2.75, 3.05) is 12.3 Å². The minimum absolute atomic E-state index is 0.501. The van der Waals surface area contributed by atoms with E-state index in [4.69, 9.17) is 22.1 Å². The summed E-state index contributed by atoms with van der Waals surface area (Å²) in [7, 11) is 0. The quantitative estimate of drug-likeness (QED) is 0.800. The Balaban J connectivity index is 1.73. The standard InChI is InChI=1S/C15H14ClN3O/c16-11-4-3-5-12(10-11)20-9-8-19-14-7-2-1-6-13(14)18-15(19)17/h1-7,10H,8-9H2,(H2,17,18). The van der Waals surface area contributed by atoms with Crippen LogP contribution in [-0.2, 0) is 6.54 Å². The SMILES string of the molecule is Nc1nc2ccccc2n1CCOc1cccc(Cl)c1. The third kappa shape index (κ3) is 2.56. The Hall–Kier alpha value is -2.20. The summed E-state index contributed by atoms with van der Waals surface area (Å²) in [6.45, 7) is 1.14. The Morgan fingerprint density at radius 1 is 1.15 bits per heavy atom. The lowest BCUT2D eigenvalue weighted by Gasteiger charge is -2.09. The van der Waals surface area contributed by atoms with Gasteiger partial charge in [0, 0.05) is 5.02 Å². The largest absolute Gasteiger partial charge is 0.492 e. The molecule has 0 aliphatic heterocycles. The number of hydrogen-bond acceptors (Lipinski definition) is 3. The molecule has 0 bridgehead atoms. The van der Waals surface area contributed by atoms with E-state index in [-0.39, 0.29) is 0 Å². The fourth-order valence-corrected chi connectivity index (χ4v) is 2.32. The smallest absolute Gasteiger partial charge is 0.201 e. The molecule has 102 valence electrons. The van der Waals surface area contributed by atoms with Crippen molar-refractivity contribution in [3.8, 4) is 5.75 Å². The van der Waals surface area contributed by atoms with E-state index >= 15 is 0 Å². The Kier molecular flexibility index (Phi) is 3.48. The number of nitrogen functional groups attached to an aromatic ring is 1. The summed E-state index contributed by atoms with van der Waals surface area (Å²) >= 11 is 5.91. The normalized spacial score (nSPS) is 10.8. The van der Waals surface area contributed by atoms with Gasteiger partial charge in [-0.3, -0.25) is 0 Å². The zero-order valence-electron chi connectivity index (χ0n) is 10.8. The van der Waals surface area contributed by atoms with Crippen LogP contribution in [0.2, 0.25) is 5.02 Å². The van der Waals surface area contributed by atoms with Gasteiger partial charge in [0.25, 0.3) is 0 Å². The highest BCUT2D eigenvalue weighted by atomic mass is 35.5. The van der Waals surface area contributed by atoms with Crippen molar-refractivity contribution in [1.29, 1.82) is 0 Å². The maximum atomic E-state index is 5.93. The van der Waals surface area contributed by atoms with Crippen LogP contribution in [0.1, 0.15) is 0 Å². The molecule has 0 radical (unpaired) electrons. The Morgan fingerprint density at radius 2 is 2.00 bits per heavy atom. The molecule has 4 nitrogen and oxygen atoms in total. The van der Waals surface area contributed by atoms with Crippen LogP contribution in [0.15, 0.2) is 48.5 Å². The Bertz CT molecular complexity index is 739. The van der Waals surface area contributed by atoms with Crippen LogP contribution in [0.3, 0.4) is 0 Å². The number of nitrogens with zero attached hydrogens (tertiary/aromatic N) is 2. The molecule has 3 aromatic rings. The van der Waals surface area contributed by atoms with E-state index in [9.17, 15) is 0 Å². The molecule has 2 N–H and O–H groups in total. The van der Waals surface area contributed by atoms with Gasteiger partial charge >= 0.3 is 0 Å². The minimum atomic E-state index is 0.501. The lowest BCUT2D eigenvalue weighted by atomic mass is 10.3. The average Bonchev–Trinajstić information content (AvgIpc) is 2.75. The highest BCUT2D eigenvalue weighted by Gasteiger charge is 2.07. The molecule has 2 aromatic carbocycles. The van der Waals surface area contributed by atoms with Gasteiger partial charge in [-0.25, -0.2) is 4.98 Å².